The molecule has 214 valence electrons. The molecule has 4 atom stereocenters. The zero-order valence-electron chi connectivity index (χ0n) is 24.5. The number of ketones is 1. The van der Waals surface area contributed by atoms with E-state index in [1.165, 1.54) is 0 Å². The third kappa shape index (κ3) is 11.8. The van der Waals surface area contributed by atoms with E-state index in [1.807, 2.05) is 6.92 Å². The van der Waals surface area contributed by atoms with Crippen LogP contribution in [-0.4, -0.2) is 70.2 Å². The average Bonchev–Trinajstić information content (AvgIpc) is 2.80. The number of ether oxygens (including phenoxy) is 4. The fourth-order valence-electron chi connectivity index (χ4n) is 3.24. The quantitative estimate of drug-likeness (QED) is 0.164. The highest BCUT2D eigenvalue weighted by Gasteiger charge is 2.42. The molecule has 0 aromatic rings. The van der Waals surface area contributed by atoms with Crippen molar-refractivity contribution < 1.29 is 42.9 Å². The van der Waals surface area contributed by atoms with Crippen LogP contribution in [0.2, 0.25) is 18.1 Å². The minimum absolute atomic E-state index is 0.0105. The van der Waals surface area contributed by atoms with Gasteiger partial charge in [-0.1, -0.05) is 34.6 Å². The van der Waals surface area contributed by atoms with Crippen molar-refractivity contribution in [2.24, 2.45) is 11.8 Å². The minimum Gasteiger partial charge on any atom is -0.435 e. The predicted molar refractivity (Wildman–Crippen MR) is 145 cm³/mol. The van der Waals surface area contributed by atoms with E-state index in [-0.39, 0.29) is 37.2 Å². The second-order valence-corrected chi connectivity index (χ2v) is 15.4. The van der Waals surface area contributed by atoms with Crippen LogP contribution in [0.3, 0.4) is 0 Å². The topological polar surface area (TPSA) is 118 Å². The molecule has 0 amide bonds. The van der Waals surface area contributed by atoms with Crippen LogP contribution in [-0.2, 0) is 28.2 Å². The highest BCUT2D eigenvalue weighted by molar-refractivity contribution is 6.74. The zero-order valence-corrected chi connectivity index (χ0v) is 25.5. The number of carbonyl (C=O) groups is 3. The highest BCUT2D eigenvalue weighted by Crippen LogP contribution is 2.39. The molecule has 0 saturated heterocycles. The molecule has 0 bridgehead atoms. The number of Topliss-reactive ketones (excluding diaryl/α,β-unsaturated/α-hetero) is 1. The van der Waals surface area contributed by atoms with Crippen molar-refractivity contribution >= 4 is 26.4 Å². The first-order chi connectivity index (χ1) is 17.0. The monoisotopic (exact) mass is 544 g/mol. The van der Waals surface area contributed by atoms with Crippen LogP contribution in [0.1, 0.15) is 62.3 Å². The second kappa shape index (κ2) is 15.9. The molecule has 10 heteroatoms. The molecule has 0 aromatic heterocycles. The fraction of sp³-hybridized carbons (Fsp3) is 0.741. The van der Waals surface area contributed by atoms with Crippen molar-refractivity contribution in [1.82, 2.24) is 0 Å². The number of rotatable bonds is 14. The molecule has 0 saturated carbocycles. The Hall–Kier alpha value is -2.17. The van der Waals surface area contributed by atoms with E-state index in [4.69, 9.17) is 23.4 Å². The molecular weight excluding hydrogens is 496 g/mol. The summed E-state index contributed by atoms with van der Waals surface area (Å²) in [7, 11) is -2.29. The number of hydrogen-bond donors (Lipinski definition) is 1. The van der Waals surface area contributed by atoms with Gasteiger partial charge in [0.25, 0.3) is 0 Å². The van der Waals surface area contributed by atoms with Gasteiger partial charge in [-0.05, 0) is 69.1 Å². The Morgan fingerprint density at radius 3 is 1.65 bits per heavy atom. The Balaban J connectivity index is 5.73. The number of aliphatic hydroxyl groups is 1. The Bertz CT molecular complexity index is 811. The SMILES string of the molecule is CCOC(=O)OC/C=C(\C)[C@@H](O)[C@H](C)C(=O)[C@H](C)[C@H](O[Si](C)(C)C(C)(C)C)/C(C)=C/COC(=O)OCC. The zero-order chi connectivity index (χ0) is 29.0. The van der Waals surface area contributed by atoms with Gasteiger partial charge in [-0.2, -0.15) is 0 Å². The maximum Gasteiger partial charge on any atom is 0.508 e. The smallest absolute Gasteiger partial charge is 0.435 e. The molecule has 0 aromatic carbocycles. The Morgan fingerprint density at radius 2 is 1.24 bits per heavy atom. The molecule has 1 N–H and O–H groups in total. The van der Waals surface area contributed by atoms with E-state index in [1.54, 1.807) is 46.8 Å². The highest BCUT2D eigenvalue weighted by atomic mass is 28.4. The van der Waals surface area contributed by atoms with Crippen molar-refractivity contribution in [3.05, 3.63) is 23.3 Å². The summed E-state index contributed by atoms with van der Waals surface area (Å²) in [6.45, 7) is 21.2. The van der Waals surface area contributed by atoms with Gasteiger partial charge in [0.05, 0.1) is 25.4 Å². The lowest BCUT2D eigenvalue weighted by Gasteiger charge is -2.41. The first kappa shape index (κ1) is 34.8. The summed E-state index contributed by atoms with van der Waals surface area (Å²) in [5.74, 6) is -1.49. The van der Waals surface area contributed by atoms with Crippen LogP contribution in [0.25, 0.3) is 0 Å². The molecule has 9 nitrogen and oxygen atoms in total. The third-order valence-electron chi connectivity index (χ3n) is 6.71. The van der Waals surface area contributed by atoms with Crippen LogP contribution in [0.15, 0.2) is 23.3 Å². The molecule has 0 aliphatic heterocycles. The van der Waals surface area contributed by atoms with Gasteiger partial charge in [0.1, 0.15) is 19.0 Å². The minimum atomic E-state index is -2.29. The molecule has 0 heterocycles. The summed E-state index contributed by atoms with van der Waals surface area (Å²) in [5.41, 5.74) is 1.26. The van der Waals surface area contributed by atoms with E-state index < -0.39 is 44.7 Å². The maximum atomic E-state index is 13.5. The normalized spacial score (nSPS) is 16.3. The maximum absolute atomic E-state index is 13.5. The molecule has 0 radical (unpaired) electrons. The van der Waals surface area contributed by atoms with Crippen molar-refractivity contribution in [3.63, 3.8) is 0 Å². The van der Waals surface area contributed by atoms with Gasteiger partial charge in [0, 0.05) is 11.8 Å². The van der Waals surface area contributed by atoms with Crippen molar-refractivity contribution in [3.8, 4) is 0 Å². The summed E-state index contributed by atoms with van der Waals surface area (Å²) < 4.78 is 26.2. The van der Waals surface area contributed by atoms with Crippen LogP contribution < -0.4 is 0 Å². The molecule has 0 rings (SSSR count). The van der Waals surface area contributed by atoms with Crippen LogP contribution >= 0.6 is 0 Å². The van der Waals surface area contributed by atoms with Gasteiger partial charge in [0.15, 0.2) is 8.32 Å². The molecule has 0 aliphatic carbocycles. The number of aliphatic hydroxyl groups excluding tert-OH is 1. The first-order valence-corrected chi connectivity index (χ1v) is 15.7. The van der Waals surface area contributed by atoms with Gasteiger partial charge in [0.2, 0.25) is 0 Å². The van der Waals surface area contributed by atoms with Crippen molar-refractivity contribution in [2.75, 3.05) is 26.4 Å². The lowest BCUT2D eigenvalue weighted by molar-refractivity contribution is -0.130. The van der Waals surface area contributed by atoms with E-state index in [9.17, 15) is 19.5 Å². The summed E-state index contributed by atoms with van der Waals surface area (Å²) in [4.78, 5) is 36.4. The Morgan fingerprint density at radius 1 is 0.811 bits per heavy atom. The predicted octanol–water partition coefficient (Wildman–Crippen LogP) is 5.82. The summed E-state index contributed by atoms with van der Waals surface area (Å²) in [6, 6.07) is 0. The van der Waals surface area contributed by atoms with Gasteiger partial charge < -0.3 is 28.5 Å². The third-order valence-corrected chi connectivity index (χ3v) is 11.2. The van der Waals surface area contributed by atoms with Crippen LogP contribution in [0.4, 0.5) is 9.59 Å². The lowest BCUT2D eigenvalue weighted by Crippen LogP contribution is -2.48. The average molecular weight is 545 g/mol. The summed E-state index contributed by atoms with van der Waals surface area (Å²) >= 11 is 0. The Labute approximate surface area is 223 Å². The standard InChI is InChI=1S/C27H48O9Si/c1-12-32-25(30)34-16-14-18(3)22(28)20(5)23(29)21(6)24(36-37(10,11)27(7,8)9)19(4)15-17-35-26(31)33-13-2/h14-15,20-22,24,28H,12-13,16-17H2,1-11H3/b18-14+,19-15+/t20-,21-,22+,24+/m0/s1. The molecule has 0 spiro atoms. The number of hydrogen-bond acceptors (Lipinski definition) is 9. The molecule has 0 unspecified atom stereocenters. The van der Waals surface area contributed by atoms with E-state index in [0.717, 1.165) is 5.57 Å². The van der Waals surface area contributed by atoms with Gasteiger partial charge in [-0.15, -0.1) is 0 Å². The molecular formula is C27H48O9Si. The van der Waals surface area contributed by atoms with Gasteiger partial charge in [-0.3, -0.25) is 4.79 Å². The van der Waals surface area contributed by atoms with Crippen LogP contribution in [0.5, 0.6) is 0 Å². The van der Waals surface area contributed by atoms with Crippen molar-refractivity contribution in [1.29, 1.82) is 0 Å². The molecule has 0 aliphatic rings. The second-order valence-electron chi connectivity index (χ2n) is 10.6. The van der Waals surface area contributed by atoms with Gasteiger partial charge >= 0.3 is 12.3 Å². The fourth-order valence-corrected chi connectivity index (χ4v) is 4.61. The van der Waals surface area contributed by atoms with E-state index in [0.29, 0.717) is 5.57 Å². The summed E-state index contributed by atoms with van der Waals surface area (Å²) in [6.07, 6.45) is 0.0905. The van der Waals surface area contributed by atoms with Crippen LogP contribution in [0, 0.1) is 11.8 Å². The van der Waals surface area contributed by atoms with Crippen molar-refractivity contribution in [2.45, 2.75) is 92.7 Å². The van der Waals surface area contributed by atoms with E-state index in [2.05, 4.69) is 33.9 Å². The van der Waals surface area contributed by atoms with Gasteiger partial charge in [-0.25, -0.2) is 9.59 Å². The Kier molecular flexibility index (Phi) is 15.0. The molecule has 0 fully saturated rings. The lowest BCUT2D eigenvalue weighted by atomic mass is 9.84. The largest absolute Gasteiger partial charge is 0.508 e. The summed E-state index contributed by atoms with van der Waals surface area (Å²) in [5, 5.41) is 10.7. The first-order valence-electron chi connectivity index (χ1n) is 12.8. The number of carbonyl (C=O) groups excluding carboxylic acids is 3. The molecule has 37 heavy (non-hydrogen) atoms. The van der Waals surface area contributed by atoms with E-state index >= 15 is 0 Å².